The lowest BCUT2D eigenvalue weighted by atomic mass is 10.1. The zero-order valence-electron chi connectivity index (χ0n) is 11.0. The molecule has 3 N–H and O–H groups in total. The predicted molar refractivity (Wildman–Crippen MR) is 71.6 cm³/mol. The Labute approximate surface area is 108 Å². The van der Waals surface area contributed by atoms with Gasteiger partial charge in [-0.15, -0.1) is 0 Å². The number of nitrogens with two attached hydrogens (primary N) is 1. The number of pyridine rings is 1. The first-order chi connectivity index (χ1) is 8.72. The van der Waals surface area contributed by atoms with Crippen LogP contribution in [-0.4, -0.2) is 30.1 Å². The second-order valence-electron chi connectivity index (χ2n) is 3.99. The Balaban J connectivity index is 2.84. The van der Waals surface area contributed by atoms with E-state index in [2.05, 4.69) is 17.2 Å². The molecule has 1 heterocycles. The van der Waals surface area contributed by atoms with Crippen LogP contribution in [0.4, 0.5) is 5.82 Å². The summed E-state index contributed by atoms with van der Waals surface area (Å²) in [5.41, 5.74) is 6.14. The number of hydrogen-bond acceptors (Lipinski definition) is 5. The SMILES string of the molecule is CCCC(CN)Nc1ncccc1C(=O)OCC. The highest BCUT2D eigenvalue weighted by molar-refractivity contribution is 5.94. The van der Waals surface area contributed by atoms with Crippen LogP contribution in [0.2, 0.25) is 0 Å². The normalized spacial score (nSPS) is 11.9. The summed E-state index contributed by atoms with van der Waals surface area (Å²) in [5, 5.41) is 3.20. The highest BCUT2D eigenvalue weighted by Crippen LogP contribution is 2.15. The van der Waals surface area contributed by atoms with Crippen LogP contribution in [0.5, 0.6) is 0 Å². The lowest BCUT2D eigenvalue weighted by Gasteiger charge is -2.18. The van der Waals surface area contributed by atoms with Gasteiger partial charge in [0.2, 0.25) is 0 Å². The van der Waals surface area contributed by atoms with Crippen LogP contribution in [0.15, 0.2) is 18.3 Å². The van der Waals surface area contributed by atoms with E-state index in [-0.39, 0.29) is 12.0 Å². The van der Waals surface area contributed by atoms with Crippen LogP contribution in [0.25, 0.3) is 0 Å². The van der Waals surface area contributed by atoms with Gasteiger partial charge < -0.3 is 15.8 Å². The molecule has 1 rings (SSSR count). The Morgan fingerprint density at radius 3 is 2.94 bits per heavy atom. The summed E-state index contributed by atoms with van der Waals surface area (Å²) in [6, 6.07) is 3.54. The molecule has 0 fully saturated rings. The number of ether oxygens (including phenoxy) is 1. The lowest BCUT2D eigenvalue weighted by Crippen LogP contribution is -2.30. The molecule has 5 heteroatoms. The molecule has 0 aliphatic heterocycles. The smallest absolute Gasteiger partial charge is 0.341 e. The molecule has 5 nitrogen and oxygen atoms in total. The first-order valence-electron chi connectivity index (χ1n) is 6.31. The number of rotatable bonds is 7. The number of esters is 1. The number of nitrogens with one attached hydrogen (secondary N) is 1. The summed E-state index contributed by atoms with van der Waals surface area (Å²) in [6.45, 7) is 4.73. The van der Waals surface area contributed by atoms with Crippen molar-refractivity contribution in [3.8, 4) is 0 Å². The van der Waals surface area contributed by atoms with Crippen molar-refractivity contribution >= 4 is 11.8 Å². The number of aromatic nitrogens is 1. The first kappa shape index (κ1) is 14.4. The van der Waals surface area contributed by atoms with E-state index in [0.717, 1.165) is 12.8 Å². The largest absolute Gasteiger partial charge is 0.462 e. The lowest BCUT2D eigenvalue weighted by molar-refractivity contribution is 0.0527. The maximum Gasteiger partial charge on any atom is 0.341 e. The highest BCUT2D eigenvalue weighted by Gasteiger charge is 2.15. The van der Waals surface area contributed by atoms with Crippen molar-refractivity contribution in [2.45, 2.75) is 32.7 Å². The Bertz CT molecular complexity index is 382. The van der Waals surface area contributed by atoms with Gasteiger partial charge in [-0.25, -0.2) is 9.78 Å². The second-order valence-corrected chi connectivity index (χ2v) is 3.99. The molecule has 0 saturated carbocycles. The summed E-state index contributed by atoms with van der Waals surface area (Å²) in [6.07, 6.45) is 3.61. The summed E-state index contributed by atoms with van der Waals surface area (Å²) >= 11 is 0. The average Bonchev–Trinajstić information content (AvgIpc) is 2.39. The average molecular weight is 251 g/mol. The third-order valence-corrected chi connectivity index (χ3v) is 2.57. The Hall–Kier alpha value is -1.62. The second kappa shape index (κ2) is 7.66. The molecule has 0 aromatic carbocycles. The van der Waals surface area contributed by atoms with Crippen LogP contribution in [-0.2, 0) is 4.74 Å². The van der Waals surface area contributed by atoms with Gasteiger partial charge in [0, 0.05) is 18.8 Å². The molecule has 1 aromatic heterocycles. The molecule has 1 unspecified atom stereocenters. The zero-order valence-corrected chi connectivity index (χ0v) is 11.0. The number of nitrogens with zero attached hydrogens (tertiary/aromatic N) is 1. The van der Waals surface area contributed by atoms with Crippen LogP contribution in [0, 0.1) is 0 Å². The third kappa shape index (κ3) is 4.00. The zero-order chi connectivity index (χ0) is 13.4. The molecule has 0 amide bonds. The fourth-order valence-corrected chi connectivity index (χ4v) is 1.68. The molecule has 0 spiro atoms. The van der Waals surface area contributed by atoms with Gasteiger partial charge >= 0.3 is 5.97 Å². The summed E-state index contributed by atoms with van der Waals surface area (Å²) in [7, 11) is 0. The van der Waals surface area contributed by atoms with Crippen LogP contribution < -0.4 is 11.1 Å². The van der Waals surface area contributed by atoms with Crippen molar-refractivity contribution < 1.29 is 9.53 Å². The van der Waals surface area contributed by atoms with Crippen LogP contribution in [0.1, 0.15) is 37.0 Å². The molecule has 100 valence electrons. The molecule has 0 saturated heterocycles. The molecule has 18 heavy (non-hydrogen) atoms. The standard InChI is InChI=1S/C13H21N3O2/c1-3-6-10(9-14)16-12-11(7-5-8-15-12)13(17)18-4-2/h5,7-8,10H,3-4,6,9,14H2,1-2H3,(H,15,16). The molecule has 0 aliphatic rings. The van der Waals surface area contributed by atoms with E-state index >= 15 is 0 Å². The fraction of sp³-hybridized carbons (Fsp3) is 0.538. The first-order valence-corrected chi connectivity index (χ1v) is 6.31. The van der Waals surface area contributed by atoms with Crippen LogP contribution in [0.3, 0.4) is 0 Å². The number of anilines is 1. The predicted octanol–water partition coefficient (Wildman–Crippen LogP) is 1.80. The van der Waals surface area contributed by atoms with Crippen molar-refractivity contribution in [1.82, 2.24) is 4.98 Å². The maximum absolute atomic E-state index is 11.8. The van der Waals surface area contributed by atoms with E-state index in [1.807, 2.05) is 0 Å². The van der Waals surface area contributed by atoms with E-state index in [4.69, 9.17) is 10.5 Å². The van der Waals surface area contributed by atoms with Gasteiger partial charge in [0.1, 0.15) is 11.4 Å². The van der Waals surface area contributed by atoms with Gasteiger partial charge in [0.05, 0.1) is 6.61 Å². The molecular formula is C13H21N3O2. The molecule has 0 aliphatic carbocycles. The summed E-state index contributed by atoms with van der Waals surface area (Å²) < 4.78 is 4.99. The third-order valence-electron chi connectivity index (χ3n) is 2.57. The Morgan fingerprint density at radius 1 is 1.56 bits per heavy atom. The quantitative estimate of drug-likeness (QED) is 0.722. The van der Waals surface area contributed by atoms with E-state index in [1.54, 1.807) is 25.3 Å². The molecule has 1 atom stereocenters. The molecule has 1 aromatic rings. The fourth-order valence-electron chi connectivity index (χ4n) is 1.68. The van der Waals surface area contributed by atoms with Crippen LogP contribution >= 0.6 is 0 Å². The van der Waals surface area contributed by atoms with Gasteiger partial charge in [-0.1, -0.05) is 13.3 Å². The van der Waals surface area contributed by atoms with Gasteiger partial charge in [-0.05, 0) is 25.5 Å². The minimum absolute atomic E-state index is 0.123. The Morgan fingerprint density at radius 2 is 2.33 bits per heavy atom. The number of carbonyl (C=O) groups is 1. The van der Waals surface area contributed by atoms with Gasteiger partial charge in [0.25, 0.3) is 0 Å². The van der Waals surface area contributed by atoms with Crippen molar-refractivity contribution in [3.05, 3.63) is 23.9 Å². The van der Waals surface area contributed by atoms with Gasteiger partial charge in [0.15, 0.2) is 0 Å². The van der Waals surface area contributed by atoms with Gasteiger partial charge in [-0.2, -0.15) is 0 Å². The van der Waals surface area contributed by atoms with Crippen molar-refractivity contribution in [3.63, 3.8) is 0 Å². The molecule has 0 radical (unpaired) electrons. The topological polar surface area (TPSA) is 77.2 Å². The maximum atomic E-state index is 11.8. The van der Waals surface area contributed by atoms with Crippen molar-refractivity contribution in [2.24, 2.45) is 5.73 Å². The van der Waals surface area contributed by atoms with Crippen molar-refractivity contribution in [2.75, 3.05) is 18.5 Å². The van der Waals surface area contributed by atoms with Gasteiger partial charge in [-0.3, -0.25) is 0 Å². The summed E-state index contributed by atoms with van der Waals surface area (Å²) in [5.74, 6) is 0.181. The molecular weight excluding hydrogens is 230 g/mol. The van der Waals surface area contributed by atoms with E-state index in [1.165, 1.54) is 0 Å². The van der Waals surface area contributed by atoms with Crippen molar-refractivity contribution in [1.29, 1.82) is 0 Å². The monoisotopic (exact) mass is 251 g/mol. The number of carbonyl (C=O) groups excluding carboxylic acids is 1. The highest BCUT2D eigenvalue weighted by atomic mass is 16.5. The minimum Gasteiger partial charge on any atom is -0.462 e. The minimum atomic E-state index is -0.361. The van der Waals surface area contributed by atoms with E-state index < -0.39 is 0 Å². The van der Waals surface area contributed by atoms with E-state index in [0.29, 0.717) is 24.5 Å². The summed E-state index contributed by atoms with van der Waals surface area (Å²) in [4.78, 5) is 15.9. The number of hydrogen-bond donors (Lipinski definition) is 2. The van der Waals surface area contributed by atoms with E-state index in [9.17, 15) is 4.79 Å². The molecule has 0 bridgehead atoms. The Kier molecular flexibility index (Phi) is 6.14.